The van der Waals surface area contributed by atoms with E-state index in [0.29, 0.717) is 19.0 Å². The second-order valence-corrected chi connectivity index (χ2v) is 3.68. The van der Waals surface area contributed by atoms with E-state index in [2.05, 4.69) is 0 Å². The fourth-order valence-electron chi connectivity index (χ4n) is 1.55. The first-order valence-corrected chi connectivity index (χ1v) is 5.74. The number of phenols is 1. The van der Waals surface area contributed by atoms with Crippen LogP contribution in [0.3, 0.4) is 0 Å². The zero-order valence-electron chi connectivity index (χ0n) is 10.7. The molecule has 17 heavy (non-hydrogen) atoms. The van der Waals surface area contributed by atoms with Gasteiger partial charge in [-0.2, -0.15) is 0 Å². The van der Waals surface area contributed by atoms with Crippen LogP contribution in [-0.4, -0.2) is 32.5 Å². The molecule has 0 aliphatic carbocycles. The summed E-state index contributed by atoms with van der Waals surface area (Å²) in [6.45, 7) is 3.29. The van der Waals surface area contributed by atoms with Crippen LogP contribution < -0.4 is 9.47 Å². The van der Waals surface area contributed by atoms with Crippen molar-refractivity contribution in [3.8, 4) is 17.2 Å². The van der Waals surface area contributed by atoms with E-state index in [-0.39, 0.29) is 5.75 Å². The molecule has 0 saturated heterocycles. The van der Waals surface area contributed by atoms with Crippen LogP contribution in [0, 0.1) is 0 Å². The van der Waals surface area contributed by atoms with E-state index in [1.807, 2.05) is 6.92 Å². The van der Waals surface area contributed by atoms with Gasteiger partial charge in [-0.1, -0.05) is 6.92 Å². The molecule has 0 aromatic heterocycles. The first kappa shape index (κ1) is 13.6. The van der Waals surface area contributed by atoms with Crippen LogP contribution in [0.2, 0.25) is 0 Å². The molecule has 0 radical (unpaired) electrons. The van der Waals surface area contributed by atoms with Gasteiger partial charge in [-0.15, -0.1) is 0 Å². The minimum atomic E-state index is 0.147. The molecule has 1 aromatic carbocycles. The summed E-state index contributed by atoms with van der Waals surface area (Å²) in [5.41, 5.74) is 0.973. The third-order valence-corrected chi connectivity index (χ3v) is 2.49. The highest BCUT2D eigenvalue weighted by atomic mass is 16.5. The molecule has 0 aliphatic heterocycles. The lowest BCUT2D eigenvalue weighted by Crippen LogP contribution is -2.03. The van der Waals surface area contributed by atoms with Crippen LogP contribution in [0.15, 0.2) is 12.1 Å². The summed E-state index contributed by atoms with van der Waals surface area (Å²) in [6.07, 6.45) is 1.64. The number of aromatic hydroxyl groups is 1. The second kappa shape index (κ2) is 7.01. The molecule has 0 atom stereocenters. The SMILES string of the molecule is CCc1cc(O)c(OC)cc1OCCCOC. The summed E-state index contributed by atoms with van der Waals surface area (Å²) in [7, 11) is 3.19. The number of aryl methyl sites for hydroxylation is 1. The van der Waals surface area contributed by atoms with Crippen LogP contribution in [0.4, 0.5) is 0 Å². The van der Waals surface area contributed by atoms with Crippen molar-refractivity contribution in [3.63, 3.8) is 0 Å². The Morgan fingerprint density at radius 1 is 1.12 bits per heavy atom. The molecule has 0 bridgehead atoms. The number of methoxy groups -OCH3 is 2. The Labute approximate surface area is 102 Å². The lowest BCUT2D eigenvalue weighted by Gasteiger charge is -2.13. The van der Waals surface area contributed by atoms with Crippen molar-refractivity contribution in [2.75, 3.05) is 27.4 Å². The Morgan fingerprint density at radius 3 is 2.47 bits per heavy atom. The molecular formula is C13H20O4. The molecule has 4 heteroatoms. The highest BCUT2D eigenvalue weighted by Crippen LogP contribution is 2.34. The topological polar surface area (TPSA) is 47.9 Å². The maximum Gasteiger partial charge on any atom is 0.164 e. The average Bonchev–Trinajstić information content (AvgIpc) is 2.35. The summed E-state index contributed by atoms with van der Waals surface area (Å²) in [6, 6.07) is 3.41. The predicted octanol–water partition coefficient (Wildman–Crippen LogP) is 2.38. The number of benzene rings is 1. The Bertz CT molecular complexity index is 350. The molecular weight excluding hydrogens is 220 g/mol. The maximum absolute atomic E-state index is 9.66. The molecule has 1 N–H and O–H groups in total. The van der Waals surface area contributed by atoms with Gasteiger partial charge in [-0.3, -0.25) is 0 Å². The van der Waals surface area contributed by atoms with Crippen molar-refractivity contribution in [2.24, 2.45) is 0 Å². The van der Waals surface area contributed by atoms with E-state index in [9.17, 15) is 5.11 Å². The molecule has 0 amide bonds. The van der Waals surface area contributed by atoms with E-state index in [4.69, 9.17) is 14.2 Å². The summed E-state index contributed by atoms with van der Waals surface area (Å²) in [5, 5.41) is 9.66. The van der Waals surface area contributed by atoms with Crippen LogP contribution in [0.1, 0.15) is 18.9 Å². The van der Waals surface area contributed by atoms with Gasteiger partial charge < -0.3 is 19.3 Å². The van der Waals surface area contributed by atoms with E-state index >= 15 is 0 Å². The van der Waals surface area contributed by atoms with Gasteiger partial charge in [-0.25, -0.2) is 0 Å². The molecule has 96 valence electrons. The lowest BCUT2D eigenvalue weighted by molar-refractivity contribution is 0.171. The molecule has 0 aliphatic rings. The molecule has 0 unspecified atom stereocenters. The number of ether oxygens (including phenoxy) is 3. The summed E-state index contributed by atoms with van der Waals surface area (Å²) in [5.74, 6) is 1.34. The minimum Gasteiger partial charge on any atom is -0.504 e. The highest BCUT2D eigenvalue weighted by molar-refractivity contribution is 5.49. The first-order chi connectivity index (χ1) is 8.22. The van der Waals surface area contributed by atoms with Gasteiger partial charge in [0.1, 0.15) is 5.75 Å². The predicted molar refractivity (Wildman–Crippen MR) is 66.0 cm³/mol. The second-order valence-electron chi connectivity index (χ2n) is 3.68. The van der Waals surface area contributed by atoms with E-state index < -0.39 is 0 Å². The van der Waals surface area contributed by atoms with E-state index in [0.717, 1.165) is 24.2 Å². The Kier molecular flexibility index (Phi) is 5.63. The molecule has 0 saturated carbocycles. The van der Waals surface area contributed by atoms with Crippen LogP contribution in [0.5, 0.6) is 17.2 Å². The van der Waals surface area contributed by atoms with Crippen molar-refractivity contribution in [1.29, 1.82) is 0 Å². The third kappa shape index (κ3) is 3.82. The lowest BCUT2D eigenvalue weighted by atomic mass is 10.1. The maximum atomic E-state index is 9.66. The fourth-order valence-corrected chi connectivity index (χ4v) is 1.55. The van der Waals surface area contributed by atoms with E-state index in [1.165, 1.54) is 7.11 Å². The van der Waals surface area contributed by atoms with Gasteiger partial charge in [-0.05, 0) is 18.1 Å². The molecule has 1 rings (SSSR count). The molecule has 0 spiro atoms. The molecule has 4 nitrogen and oxygen atoms in total. The van der Waals surface area contributed by atoms with Crippen molar-refractivity contribution in [3.05, 3.63) is 17.7 Å². The Morgan fingerprint density at radius 2 is 1.88 bits per heavy atom. The molecule has 0 heterocycles. The van der Waals surface area contributed by atoms with Gasteiger partial charge in [0.15, 0.2) is 11.5 Å². The third-order valence-electron chi connectivity index (χ3n) is 2.49. The molecule has 0 fully saturated rings. The first-order valence-electron chi connectivity index (χ1n) is 5.74. The Balaban J connectivity index is 2.74. The highest BCUT2D eigenvalue weighted by Gasteiger charge is 2.09. The summed E-state index contributed by atoms with van der Waals surface area (Å²) in [4.78, 5) is 0. The number of hydrogen-bond donors (Lipinski definition) is 1. The summed E-state index contributed by atoms with van der Waals surface area (Å²) < 4.78 is 15.7. The monoisotopic (exact) mass is 240 g/mol. The van der Waals surface area contributed by atoms with Gasteiger partial charge in [0.05, 0.1) is 13.7 Å². The zero-order chi connectivity index (χ0) is 12.7. The van der Waals surface area contributed by atoms with Crippen LogP contribution >= 0.6 is 0 Å². The average molecular weight is 240 g/mol. The van der Waals surface area contributed by atoms with Crippen LogP contribution in [0.25, 0.3) is 0 Å². The zero-order valence-corrected chi connectivity index (χ0v) is 10.7. The minimum absolute atomic E-state index is 0.147. The number of rotatable bonds is 7. The van der Waals surface area contributed by atoms with Gasteiger partial charge >= 0.3 is 0 Å². The van der Waals surface area contributed by atoms with Crippen molar-refractivity contribution >= 4 is 0 Å². The quantitative estimate of drug-likeness (QED) is 0.743. The van der Waals surface area contributed by atoms with Gasteiger partial charge in [0.25, 0.3) is 0 Å². The van der Waals surface area contributed by atoms with Gasteiger partial charge in [0, 0.05) is 26.2 Å². The van der Waals surface area contributed by atoms with Crippen molar-refractivity contribution in [1.82, 2.24) is 0 Å². The number of hydrogen-bond acceptors (Lipinski definition) is 4. The van der Waals surface area contributed by atoms with E-state index in [1.54, 1.807) is 19.2 Å². The Hall–Kier alpha value is -1.42. The van der Waals surface area contributed by atoms with Gasteiger partial charge in [0.2, 0.25) is 0 Å². The van der Waals surface area contributed by atoms with Crippen LogP contribution in [-0.2, 0) is 11.2 Å². The standard InChI is InChI=1S/C13H20O4/c1-4-10-8-11(14)13(16-3)9-12(10)17-7-5-6-15-2/h8-9,14H,4-7H2,1-3H3. The normalized spacial score (nSPS) is 10.3. The molecule has 1 aromatic rings. The number of phenolic OH excluding ortho intramolecular Hbond substituents is 1. The fraction of sp³-hybridized carbons (Fsp3) is 0.538. The van der Waals surface area contributed by atoms with Crippen molar-refractivity contribution in [2.45, 2.75) is 19.8 Å². The van der Waals surface area contributed by atoms with Crippen molar-refractivity contribution < 1.29 is 19.3 Å². The smallest absolute Gasteiger partial charge is 0.164 e. The largest absolute Gasteiger partial charge is 0.504 e. The summed E-state index contributed by atoms with van der Waals surface area (Å²) >= 11 is 0.